The molecule has 0 radical (unpaired) electrons. The maximum atomic E-state index is 13.1. The number of urea groups is 1. The Bertz CT molecular complexity index is 1140. The van der Waals surface area contributed by atoms with Crippen LogP contribution in [0, 0.1) is 6.92 Å². The van der Waals surface area contributed by atoms with E-state index in [1.54, 1.807) is 23.9 Å². The number of aromatic nitrogens is 2. The molecule has 3 amide bonds. The topological polar surface area (TPSA) is 88.5 Å². The summed E-state index contributed by atoms with van der Waals surface area (Å²) in [6.45, 7) is 9.00. The van der Waals surface area contributed by atoms with Crippen LogP contribution in [0.4, 0.5) is 16.3 Å². The van der Waals surface area contributed by atoms with Crippen molar-refractivity contribution in [3.63, 3.8) is 0 Å². The van der Waals surface area contributed by atoms with E-state index in [0.717, 1.165) is 16.9 Å². The highest BCUT2D eigenvalue weighted by molar-refractivity contribution is 5.96. The van der Waals surface area contributed by atoms with E-state index >= 15 is 0 Å². The Labute approximate surface area is 207 Å². The Hall–Kier alpha value is -3.65. The highest BCUT2D eigenvalue weighted by Gasteiger charge is 2.23. The molecule has 0 spiro atoms. The zero-order valence-corrected chi connectivity index (χ0v) is 21.2. The van der Waals surface area contributed by atoms with Crippen molar-refractivity contribution in [2.24, 2.45) is 0 Å². The summed E-state index contributed by atoms with van der Waals surface area (Å²) in [7, 11) is 1.61. The smallest absolute Gasteiger partial charge is 0.322 e. The molecular weight excluding hydrogens is 442 g/mol. The molecule has 8 nitrogen and oxygen atoms in total. The molecule has 1 aromatic heterocycles. The van der Waals surface area contributed by atoms with Crippen LogP contribution in [-0.2, 0) is 14.9 Å². The number of hydrogen-bond acceptors (Lipinski definition) is 4. The van der Waals surface area contributed by atoms with Gasteiger partial charge in [0.2, 0.25) is 5.91 Å². The second-order valence-corrected chi connectivity index (χ2v) is 9.48. The molecule has 0 saturated heterocycles. The van der Waals surface area contributed by atoms with Gasteiger partial charge in [-0.05, 0) is 37.1 Å². The Morgan fingerprint density at radius 3 is 2.37 bits per heavy atom. The molecule has 0 bridgehead atoms. The number of nitrogens with one attached hydrogen (secondary N) is 2. The largest absolute Gasteiger partial charge is 0.385 e. The lowest BCUT2D eigenvalue weighted by atomic mass is 9.92. The number of carbonyl (C=O) groups excluding carboxylic acids is 2. The lowest BCUT2D eigenvalue weighted by Crippen LogP contribution is -2.41. The third kappa shape index (κ3) is 7.16. The van der Waals surface area contributed by atoms with E-state index in [0.29, 0.717) is 31.1 Å². The van der Waals surface area contributed by atoms with Crippen molar-refractivity contribution in [1.29, 1.82) is 0 Å². The number of benzene rings is 2. The fourth-order valence-corrected chi connectivity index (χ4v) is 3.55. The third-order valence-electron chi connectivity index (χ3n) is 5.51. The molecule has 0 fully saturated rings. The van der Waals surface area contributed by atoms with Gasteiger partial charge in [0.1, 0.15) is 12.4 Å². The first-order valence-corrected chi connectivity index (χ1v) is 11.8. The van der Waals surface area contributed by atoms with Gasteiger partial charge >= 0.3 is 6.03 Å². The monoisotopic (exact) mass is 477 g/mol. The highest BCUT2D eigenvalue weighted by atomic mass is 16.5. The molecule has 2 aromatic carbocycles. The first-order chi connectivity index (χ1) is 16.7. The highest BCUT2D eigenvalue weighted by Crippen LogP contribution is 2.27. The number of aryl methyl sites for hydroxylation is 1. The number of carbonyl (C=O) groups is 2. The summed E-state index contributed by atoms with van der Waals surface area (Å²) in [6.07, 6.45) is 0.612. The van der Waals surface area contributed by atoms with Crippen molar-refractivity contribution >= 4 is 23.4 Å². The van der Waals surface area contributed by atoms with E-state index in [1.165, 1.54) is 4.90 Å². The van der Waals surface area contributed by atoms with E-state index in [1.807, 2.05) is 55.5 Å². The normalized spacial score (nSPS) is 11.2. The van der Waals surface area contributed by atoms with Gasteiger partial charge in [0.05, 0.1) is 11.4 Å². The van der Waals surface area contributed by atoms with Crippen LogP contribution in [0.2, 0.25) is 0 Å². The molecular formula is C27H35N5O3. The van der Waals surface area contributed by atoms with Crippen LogP contribution in [0.3, 0.4) is 0 Å². The van der Waals surface area contributed by atoms with Crippen molar-refractivity contribution in [2.75, 3.05) is 37.4 Å². The summed E-state index contributed by atoms with van der Waals surface area (Å²) in [6, 6.07) is 18.6. The summed E-state index contributed by atoms with van der Waals surface area (Å²) in [5.74, 6) is 0.260. The molecule has 0 unspecified atom stereocenters. The molecule has 0 aliphatic carbocycles. The van der Waals surface area contributed by atoms with Gasteiger partial charge in [-0.25, -0.2) is 9.48 Å². The number of hydrogen-bond donors (Lipinski definition) is 2. The maximum absolute atomic E-state index is 13.1. The van der Waals surface area contributed by atoms with Gasteiger partial charge in [-0.3, -0.25) is 4.79 Å². The zero-order valence-electron chi connectivity index (χ0n) is 21.2. The van der Waals surface area contributed by atoms with Crippen molar-refractivity contribution in [3.05, 3.63) is 71.9 Å². The third-order valence-corrected chi connectivity index (χ3v) is 5.51. The van der Waals surface area contributed by atoms with Gasteiger partial charge in [-0.2, -0.15) is 5.10 Å². The van der Waals surface area contributed by atoms with Crippen LogP contribution in [-0.4, -0.2) is 53.4 Å². The van der Waals surface area contributed by atoms with Crippen molar-refractivity contribution in [3.8, 4) is 5.69 Å². The number of rotatable bonds is 9. The molecule has 35 heavy (non-hydrogen) atoms. The molecule has 2 N–H and O–H groups in total. The predicted molar refractivity (Wildman–Crippen MR) is 139 cm³/mol. The fourth-order valence-electron chi connectivity index (χ4n) is 3.55. The second kappa shape index (κ2) is 11.7. The summed E-state index contributed by atoms with van der Waals surface area (Å²) >= 11 is 0. The Morgan fingerprint density at radius 1 is 1.03 bits per heavy atom. The second-order valence-electron chi connectivity index (χ2n) is 9.48. The number of methoxy groups -OCH3 is 1. The molecule has 1 heterocycles. The van der Waals surface area contributed by atoms with E-state index in [9.17, 15) is 9.59 Å². The molecule has 0 atom stereocenters. The maximum Gasteiger partial charge on any atom is 0.322 e. The van der Waals surface area contributed by atoms with Gasteiger partial charge < -0.3 is 20.3 Å². The number of anilines is 2. The van der Waals surface area contributed by atoms with Crippen LogP contribution in [0.5, 0.6) is 0 Å². The first-order valence-electron chi connectivity index (χ1n) is 11.8. The molecule has 0 aliphatic heterocycles. The standard InChI is InChI=1S/C27H35N5O3/c1-20-12-9-10-15-22(20)32-24(18-23(30-32)27(2,3)4)29-25(33)19-31(16-11-17-35-5)26(34)28-21-13-7-6-8-14-21/h6-10,12-15,18H,11,16-17,19H2,1-5H3,(H,28,34)(H,29,33). The Balaban J connectivity index is 1.81. The van der Waals surface area contributed by atoms with Gasteiger partial charge in [-0.1, -0.05) is 57.2 Å². The van der Waals surface area contributed by atoms with Crippen molar-refractivity contribution < 1.29 is 14.3 Å². The van der Waals surface area contributed by atoms with Crippen LogP contribution < -0.4 is 10.6 Å². The first kappa shape index (κ1) is 26.0. The molecule has 186 valence electrons. The van der Waals surface area contributed by atoms with Gasteiger partial charge in [0.25, 0.3) is 0 Å². The van der Waals surface area contributed by atoms with Crippen LogP contribution in [0.1, 0.15) is 38.4 Å². The van der Waals surface area contributed by atoms with E-state index < -0.39 is 0 Å². The molecule has 0 aliphatic rings. The lowest BCUT2D eigenvalue weighted by Gasteiger charge is -2.22. The lowest BCUT2D eigenvalue weighted by molar-refractivity contribution is -0.116. The average Bonchev–Trinajstić information content (AvgIpc) is 3.23. The van der Waals surface area contributed by atoms with Crippen molar-refractivity contribution in [1.82, 2.24) is 14.7 Å². The van der Waals surface area contributed by atoms with Crippen LogP contribution in [0.25, 0.3) is 5.69 Å². The molecule has 0 saturated carbocycles. The van der Waals surface area contributed by atoms with E-state index in [-0.39, 0.29) is 23.9 Å². The Morgan fingerprint density at radius 2 is 1.71 bits per heavy atom. The SMILES string of the molecule is COCCCN(CC(=O)Nc1cc(C(C)(C)C)nn1-c1ccccc1C)C(=O)Nc1ccccc1. The predicted octanol–water partition coefficient (Wildman–Crippen LogP) is 4.99. The minimum Gasteiger partial charge on any atom is -0.385 e. The minimum atomic E-state index is -0.342. The molecule has 3 rings (SSSR count). The number of nitrogens with zero attached hydrogens (tertiary/aromatic N) is 3. The number of amides is 3. The van der Waals surface area contributed by atoms with E-state index in [4.69, 9.17) is 9.84 Å². The van der Waals surface area contributed by atoms with Gasteiger partial charge in [-0.15, -0.1) is 0 Å². The molecule has 3 aromatic rings. The van der Waals surface area contributed by atoms with Crippen LogP contribution >= 0.6 is 0 Å². The quantitative estimate of drug-likeness (QED) is 0.425. The summed E-state index contributed by atoms with van der Waals surface area (Å²) in [5, 5.41) is 10.6. The zero-order chi connectivity index (χ0) is 25.4. The summed E-state index contributed by atoms with van der Waals surface area (Å²) in [5.41, 5.74) is 3.25. The Kier molecular flexibility index (Phi) is 8.65. The molecule has 8 heteroatoms. The minimum absolute atomic E-state index is 0.105. The van der Waals surface area contributed by atoms with Gasteiger partial charge in [0.15, 0.2) is 0 Å². The summed E-state index contributed by atoms with van der Waals surface area (Å²) < 4.78 is 6.89. The van der Waals surface area contributed by atoms with E-state index in [2.05, 4.69) is 31.4 Å². The van der Waals surface area contributed by atoms with Crippen LogP contribution in [0.15, 0.2) is 60.7 Å². The average molecular weight is 478 g/mol. The summed E-state index contributed by atoms with van der Waals surface area (Å²) in [4.78, 5) is 27.6. The van der Waals surface area contributed by atoms with Gasteiger partial charge in [0, 0.05) is 37.4 Å². The number of para-hydroxylation sites is 2. The fraction of sp³-hybridized carbons (Fsp3) is 0.370. The van der Waals surface area contributed by atoms with Crippen molar-refractivity contribution in [2.45, 2.75) is 39.5 Å². The number of ether oxygens (including phenoxy) is 1.